The lowest BCUT2D eigenvalue weighted by atomic mass is 9.80. The van der Waals surface area contributed by atoms with Gasteiger partial charge in [0.15, 0.2) is 0 Å². The van der Waals surface area contributed by atoms with Crippen molar-refractivity contribution in [1.82, 2.24) is 14.6 Å². The number of quaternary nitrogens is 1. The van der Waals surface area contributed by atoms with Crippen molar-refractivity contribution in [2.45, 2.75) is 156 Å². The Morgan fingerprint density at radius 2 is 0.890 bits per heavy atom. The lowest BCUT2D eigenvalue weighted by Crippen LogP contribution is -3.00. The number of rotatable bonds is 29. The van der Waals surface area contributed by atoms with Gasteiger partial charge in [0, 0.05) is 65.0 Å². The van der Waals surface area contributed by atoms with Gasteiger partial charge in [-0.2, -0.15) is 0 Å². The lowest BCUT2D eigenvalue weighted by molar-refractivity contribution is -0.670. The van der Waals surface area contributed by atoms with Crippen LogP contribution in [-0.4, -0.2) is 183 Å². The highest BCUT2D eigenvalue weighted by Crippen LogP contribution is 2.33. The number of aldehydes is 1. The molecule has 22 nitrogen and oxygen atoms in total. The molecule has 3 heterocycles. The summed E-state index contributed by atoms with van der Waals surface area (Å²) in [4.78, 5) is 79.9. The number of anilines is 3. The molecule has 3 fully saturated rings. The molecule has 0 saturated carbocycles. The first-order chi connectivity index (χ1) is 55.2. The maximum absolute atomic E-state index is 14.9. The Balaban J connectivity index is 0.000000387. The molecule has 7 aromatic carbocycles. The summed E-state index contributed by atoms with van der Waals surface area (Å²) in [6.07, 6.45) is 1.73. The maximum atomic E-state index is 14.9. The fraction of sp³-hybridized carbons (Fsp3) is 0.422. The summed E-state index contributed by atoms with van der Waals surface area (Å²) in [5.74, 6) is -1.13. The second-order valence-electron chi connectivity index (χ2n) is 28.8. The smallest absolute Gasteiger partial charge is 0.488 e. The van der Waals surface area contributed by atoms with Crippen molar-refractivity contribution < 1.29 is 121 Å². The molecule has 35 heteroatoms. The quantitative estimate of drug-likeness (QED) is 0.00484. The fourth-order valence-electron chi connectivity index (χ4n) is 11.1. The van der Waals surface area contributed by atoms with Gasteiger partial charge in [0.25, 0.3) is 0 Å². The van der Waals surface area contributed by atoms with Gasteiger partial charge in [-0.15, -0.1) is 12.4 Å². The first-order valence-electron chi connectivity index (χ1n) is 38.1. The zero-order chi connectivity index (χ0) is 85.7. The minimum Gasteiger partial charge on any atom is -1.00 e. The topological polar surface area (TPSA) is 274 Å². The van der Waals surface area contributed by atoms with Crippen molar-refractivity contribution >= 4 is 126 Å². The highest BCUT2D eigenvalue weighted by molar-refractivity contribution is 14.1. The molecule has 0 radical (unpaired) electrons. The predicted octanol–water partition coefficient (Wildman–Crippen LogP) is 12.3. The van der Waals surface area contributed by atoms with E-state index >= 15 is 0 Å². The van der Waals surface area contributed by atoms with Crippen molar-refractivity contribution in [2.75, 3.05) is 87.2 Å². The van der Waals surface area contributed by atoms with Crippen LogP contribution in [0, 0.1) is 21.0 Å². The van der Waals surface area contributed by atoms with Crippen LogP contribution in [0.3, 0.4) is 0 Å². The Bertz CT molecular complexity index is 4190. The second-order valence-corrected chi connectivity index (χ2v) is 30.2. The van der Waals surface area contributed by atoms with Crippen molar-refractivity contribution in [1.29, 1.82) is 0 Å². The number of amides is 5. The van der Waals surface area contributed by atoms with E-state index < -0.39 is 75.1 Å². The number of ether oxygens (including phenoxy) is 5. The minimum absolute atomic E-state index is 0. The van der Waals surface area contributed by atoms with Crippen molar-refractivity contribution in [2.24, 2.45) is 0 Å². The number of carbonyl (C=O) groups is 6. The van der Waals surface area contributed by atoms with Gasteiger partial charge in [0.1, 0.15) is 59.8 Å². The number of cyclic esters (lactones) is 3. The summed E-state index contributed by atoms with van der Waals surface area (Å²) in [6, 6.07) is 41.7. The van der Waals surface area contributed by atoms with E-state index in [-0.39, 0.29) is 107 Å². The zero-order valence-corrected chi connectivity index (χ0v) is 72.0. The largest absolute Gasteiger partial charge is 1.00 e. The molecule has 3 aliphatic rings. The highest BCUT2D eigenvalue weighted by Gasteiger charge is 2.35. The van der Waals surface area contributed by atoms with Crippen molar-refractivity contribution in [3.63, 3.8) is 0 Å². The summed E-state index contributed by atoms with van der Waals surface area (Å²) in [5, 5.41) is 37.5. The maximum Gasteiger partial charge on any atom is 0.488 e. The van der Waals surface area contributed by atoms with Crippen LogP contribution in [-0.2, 0) is 43.3 Å². The zero-order valence-electron chi connectivity index (χ0n) is 67.5. The van der Waals surface area contributed by atoms with E-state index in [4.69, 9.17) is 55.6 Å². The highest BCUT2D eigenvalue weighted by atomic mass is 127. The first-order valence-corrected chi connectivity index (χ1v) is 39.6. The third-order valence-electron chi connectivity index (χ3n) is 17.4. The molecule has 0 bridgehead atoms. The average Bonchev–Trinajstić information content (AvgIpc) is 1.57. The van der Waals surface area contributed by atoms with Gasteiger partial charge in [-0.25, -0.2) is 42.0 Å². The third-order valence-corrected chi connectivity index (χ3v) is 18.5. The second kappa shape index (κ2) is 53.3. The molecule has 0 spiro atoms. The summed E-state index contributed by atoms with van der Waals surface area (Å²) >= 11 is 6.87. The summed E-state index contributed by atoms with van der Waals surface area (Å²) in [7, 11) is -2.99. The number of alkyl halides is 4. The van der Waals surface area contributed by atoms with Crippen LogP contribution < -0.4 is 48.2 Å². The van der Waals surface area contributed by atoms with Gasteiger partial charge in [0.05, 0.1) is 69.9 Å². The number of nitrogens with two attached hydrogens (primary N) is 1. The molecule has 0 unspecified atom stereocenters. The number of hydrogen-bond donors (Lipinski definition) is 6. The molecule has 0 aromatic heterocycles. The van der Waals surface area contributed by atoms with E-state index in [1.807, 2.05) is 67.6 Å². The molecule has 10 rings (SSSR count). The molecule has 118 heavy (non-hydrogen) atoms. The third kappa shape index (κ3) is 35.5. The lowest BCUT2D eigenvalue weighted by Gasteiger charge is -2.27. The van der Waals surface area contributed by atoms with Crippen LogP contribution >= 0.6 is 46.8 Å². The van der Waals surface area contributed by atoms with E-state index in [0.717, 1.165) is 48.2 Å². The van der Waals surface area contributed by atoms with Gasteiger partial charge in [-0.3, -0.25) is 37.1 Å². The Labute approximate surface area is 717 Å². The van der Waals surface area contributed by atoms with Crippen LogP contribution in [0.5, 0.6) is 0 Å². The molecule has 0 aliphatic carbocycles. The SMILES string of the molecule is CC(C)(C)OC(=O)N(CCCF)Cc1ccc(B(O)O)cc1.CC[C@H]1CN(c2ccc(-c3ccc(CN(CCCF)C(=O)OC(C)(C)C)cc3)c(F)c2)C(=O)O1.CC[C@H]1CN(c2ccc(-c3ccc(C[NH2+]CCCF)cc3)c(F)c2)C(=O)O1.CC[C@H]1CN(c2ccc(I)c(F)c2)C(=O)O1.Cl.FCCCNCl.O=Cc1ccc(B(O)O)cc1.[Cl-]. The molecule has 3 atom stereocenters. The predicted molar refractivity (Wildman–Crippen MR) is 452 cm³/mol. The fourth-order valence-corrected chi connectivity index (χ4v) is 11.6. The average molecular weight is 1830 g/mol. The van der Waals surface area contributed by atoms with Gasteiger partial charge in [0.2, 0.25) is 0 Å². The number of nitrogens with zero attached hydrogens (tertiary/aromatic N) is 5. The number of carbonyl (C=O) groups excluding carboxylic acids is 6. The normalized spacial score (nSPS) is 14.5. The summed E-state index contributed by atoms with van der Waals surface area (Å²) < 4.78 is 118. The van der Waals surface area contributed by atoms with Gasteiger partial charge in [-0.1, -0.05) is 118 Å². The summed E-state index contributed by atoms with van der Waals surface area (Å²) in [6.45, 7) is 19.3. The molecule has 3 saturated heterocycles. The van der Waals surface area contributed by atoms with Crippen LogP contribution in [0.4, 0.5) is 71.8 Å². The molecule has 7 aromatic rings. The Hall–Kier alpha value is -8.44. The molecule has 3 aliphatic heterocycles. The molecule has 5 amide bonds. The minimum atomic E-state index is -1.53. The number of halogens is 11. The monoisotopic (exact) mass is 1830 g/mol. The van der Waals surface area contributed by atoms with Crippen LogP contribution in [0.25, 0.3) is 22.3 Å². The Morgan fingerprint density at radius 1 is 0.542 bits per heavy atom. The first kappa shape index (κ1) is 104. The van der Waals surface area contributed by atoms with Gasteiger partial charge < -0.3 is 71.3 Å². The summed E-state index contributed by atoms with van der Waals surface area (Å²) in [5.41, 5.74) is 6.60. The molecule has 7 N–H and O–H groups in total. The standard InChI is InChI=1S/C26H32F2N2O4.C21H24F2N2O2.C15H23BFNO4.C11H11FINO2.C7H7BO3.C3H7ClFN.2ClH/c1-5-21-17-30(25(32)33-21)20-11-12-22(23(28)15-20)19-9-7-18(8-10-19)16-29(14-6-13-27)24(31)34-26(2,3)4;1-2-18-14-25(21(26)27-18)17-8-9-19(20(23)12-17)16-6-4-15(5-7-16)13-24-11-3-10-22;1-15(2,3)22-14(19)18(10-4-9-17)11-12-5-7-13(8-6-12)16(20)21;1-2-8-6-14(11(15)16-8)7-3-4-10(13)9(12)5-7;9-5-6-1-3-7(4-2-6)8(10)11;4-6-3-1-2-5;;/h7-12,15,21H,5-6,13-14,16-17H2,1-4H3;4-9,12,18,24H,2-3,10-11,13-14H2,1H3;5-8,20-21H,4,9-11H2,1-3H3;3-5,8H,2,6H2,1H3;1-5,10-11H;6H,1-3H2;2*1H/t21-;18-;;8-;;;;/m00.0..../s1. The van der Waals surface area contributed by atoms with Gasteiger partial charge >= 0.3 is 44.7 Å². The van der Waals surface area contributed by atoms with E-state index in [9.17, 15) is 59.5 Å². The molecular formula is C83H106B2Cl3F7IN7O15. The van der Waals surface area contributed by atoms with Crippen molar-refractivity contribution in [3.05, 3.63) is 195 Å². The Kier molecular flexibility index (Phi) is 46.8. The van der Waals surface area contributed by atoms with E-state index in [1.54, 1.807) is 126 Å². The molecular weight excluding hydrogens is 1720 g/mol. The molecule has 646 valence electrons. The number of hydrogen-bond acceptors (Lipinski definition) is 16. The van der Waals surface area contributed by atoms with Crippen LogP contribution in [0.2, 0.25) is 0 Å². The van der Waals surface area contributed by atoms with E-state index in [1.165, 1.54) is 67.0 Å². The number of nitrogens with one attached hydrogen (secondary N) is 1. The Morgan fingerprint density at radius 3 is 1.19 bits per heavy atom. The number of benzene rings is 7. The van der Waals surface area contributed by atoms with Crippen LogP contribution in [0.1, 0.15) is 134 Å². The van der Waals surface area contributed by atoms with Crippen LogP contribution in [0.15, 0.2) is 152 Å². The van der Waals surface area contributed by atoms with E-state index in [0.29, 0.717) is 106 Å². The van der Waals surface area contributed by atoms with Crippen molar-refractivity contribution in [3.8, 4) is 22.3 Å². The van der Waals surface area contributed by atoms with E-state index in [2.05, 4.69) is 10.2 Å². The van der Waals surface area contributed by atoms with Gasteiger partial charge in [-0.05, 0) is 202 Å².